The second-order valence-electron chi connectivity index (χ2n) is 5.65. The number of rotatable bonds is 6. The van der Waals surface area contributed by atoms with E-state index in [-0.39, 0.29) is 18.6 Å². The Morgan fingerprint density at radius 2 is 2.17 bits per heavy atom. The molecule has 24 heavy (non-hydrogen) atoms. The fraction of sp³-hybridized carbons (Fsp3) is 0.471. The van der Waals surface area contributed by atoms with Gasteiger partial charge in [-0.05, 0) is 12.0 Å². The molecule has 0 radical (unpaired) electrons. The van der Waals surface area contributed by atoms with Crippen LogP contribution in [0.5, 0.6) is 0 Å². The number of hydrogen-bond acceptors (Lipinski definition) is 6. The number of morpholine rings is 1. The minimum atomic E-state index is -0.367. The Labute approximate surface area is 140 Å². The van der Waals surface area contributed by atoms with Gasteiger partial charge in [0, 0.05) is 13.5 Å². The van der Waals surface area contributed by atoms with Crippen LogP contribution in [0.4, 0.5) is 0 Å². The van der Waals surface area contributed by atoms with Gasteiger partial charge in [0.1, 0.15) is 6.61 Å². The van der Waals surface area contributed by atoms with Crippen LogP contribution in [0, 0.1) is 6.92 Å². The van der Waals surface area contributed by atoms with E-state index >= 15 is 0 Å². The molecule has 128 valence electrons. The highest BCUT2D eigenvalue weighted by Gasteiger charge is 2.28. The van der Waals surface area contributed by atoms with Gasteiger partial charge < -0.3 is 18.8 Å². The number of aromatic nitrogens is 2. The number of nitrogens with zero attached hydrogens (tertiary/aromatic N) is 3. The van der Waals surface area contributed by atoms with Gasteiger partial charge in [0.05, 0.1) is 19.8 Å². The summed E-state index contributed by atoms with van der Waals surface area (Å²) in [6.07, 6.45) is 0.425. The number of amides is 1. The van der Waals surface area contributed by atoms with E-state index in [4.69, 9.17) is 13.9 Å². The summed E-state index contributed by atoms with van der Waals surface area (Å²) in [6, 6.07) is 10.1. The highest BCUT2D eigenvalue weighted by Crippen LogP contribution is 2.21. The Balaban J connectivity index is 1.43. The van der Waals surface area contributed by atoms with E-state index in [0.717, 1.165) is 6.42 Å². The van der Waals surface area contributed by atoms with Crippen molar-refractivity contribution in [1.82, 2.24) is 15.1 Å². The van der Waals surface area contributed by atoms with Crippen molar-refractivity contribution in [2.24, 2.45) is 0 Å². The van der Waals surface area contributed by atoms with E-state index in [9.17, 15) is 4.79 Å². The SMILES string of the molecule is Cc1nnc([C@@H]2CN(C(=O)COCCc3ccccc3)CCO2)o1. The predicted octanol–water partition coefficient (Wildman–Crippen LogP) is 1.54. The maximum atomic E-state index is 12.3. The van der Waals surface area contributed by atoms with Crippen LogP contribution in [0.15, 0.2) is 34.7 Å². The van der Waals surface area contributed by atoms with E-state index < -0.39 is 0 Å². The number of carbonyl (C=O) groups excluding carboxylic acids is 1. The van der Waals surface area contributed by atoms with Crippen molar-refractivity contribution in [1.29, 1.82) is 0 Å². The van der Waals surface area contributed by atoms with Gasteiger partial charge in [-0.25, -0.2) is 0 Å². The van der Waals surface area contributed by atoms with Crippen LogP contribution in [-0.2, 0) is 20.7 Å². The zero-order chi connectivity index (χ0) is 16.8. The number of carbonyl (C=O) groups is 1. The molecule has 3 rings (SSSR count). The zero-order valence-corrected chi connectivity index (χ0v) is 13.7. The summed E-state index contributed by atoms with van der Waals surface area (Å²) in [5.41, 5.74) is 1.20. The standard InChI is InChI=1S/C17H21N3O4/c1-13-18-19-17(24-13)15-11-20(8-10-23-15)16(21)12-22-9-7-14-5-3-2-4-6-14/h2-6,15H,7-12H2,1H3/t15-/m0/s1. The smallest absolute Gasteiger partial charge is 0.248 e. The van der Waals surface area contributed by atoms with Gasteiger partial charge >= 0.3 is 0 Å². The molecule has 7 heteroatoms. The first-order valence-corrected chi connectivity index (χ1v) is 8.03. The summed E-state index contributed by atoms with van der Waals surface area (Å²) in [5, 5.41) is 7.76. The molecule has 0 spiro atoms. The summed E-state index contributed by atoms with van der Waals surface area (Å²) < 4.78 is 16.5. The van der Waals surface area contributed by atoms with Gasteiger partial charge in [-0.2, -0.15) is 0 Å². The fourth-order valence-electron chi connectivity index (χ4n) is 2.55. The lowest BCUT2D eigenvalue weighted by Gasteiger charge is -2.31. The van der Waals surface area contributed by atoms with Crippen molar-refractivity contribution in [2.45, 2.75) is 19.4 Å². The minimum absolute atomic E-state index is 0.0485. The highest BCUT2D eigenvalue weighted by atomic mass is 16.5. The number of aryl methyl sites for hydroxylation is 1. The monoisotopic (exact) mass is 331 g/mol. The highest BCUT2D eigenvalue weighted by molar-refractivity contribution is 5.77. The lowest BCUT2D eigenvalue weighted by molar-refractivity contribution is -0.144. The van der Waals surface area contributed by atoms with E-state index in [1.807, 2.05) is 30.3 Å². The first kappa shape index (κ1) is 16.6. The van der Waals surface area contributed by atoms with Crippen molar-refractivity contribution < 1.29 is 18.7 Å². The van der Waals surface area contributed by atoms with Crippen molar-refractivity contribution in [3.8, 4) is 0 Å². The zero-order valence-electron chi connectivity index (χ0n) is 13.7. The van der Waals surface area contributed by atoms with Crippen LogP contribution >= 0.6 is 0 Å². The molecule has 7 nitrogen and oxygen atoms in total. The third-order valence-corrected chi connectivity index (χ3v) is 3.84. The van der Waals surface area contributed by atoms with E-state index in [0.29, 0.717) is 38.1 Å². The van der Waals surface area contributed by atoms with Gasteiger partial charge in [0.2, 0.25) is 17.7 Å². The Morgan fingerprint density at radius 3 is 2.92 bits per heavy atom. The molecule has 0 saturated carbocycles. The molecule has 1 aliphatic heterocycles. The van der Waals surface area contributed by atoms with Crippen LogP contribution in [0.3, 0.4) is 0 Å². The van der Waals surface area contributed by atoms with E-state index in [1.54, 1.807) is 11.8 Å². The topological polar surface area (TPSA) is 77.7 Å². The predicted molar refractivity (Wildman–Crippen MR) is 85.3 cm³/mol. The summed E-state index contributed by atoms with van der Waals surface area (Å²) in [4.78, 5) is 14.0. The van der Waals surface area contributed by atoms with E-state index in [1.165, 1.54) is 5.56 Å². The third kappa shape index (κ3) is 4.39. The van der Waals surface area contributed by atoms with Gasteiger partial charge in [-0.15, -0.1) is 10.2 Å². The molecule has 2 heterocycles. The Bertz CT molecular complexity index is 659. The van der Waals surface area contributed by atoms with Gasteiger partial charge in [0.25, 0.3) is 0 Å². The van der Waals surface area contributed by atoms with Crippen LogP contribution in [0.25, 0.3) is 0 Å². The molecule has 0 bridgehead atoms. The molecular formula is C17H21N3O4. The van der Waals surface area contributed by atoms with Crippen molar-refractivity contribution >= 4 is 5.91 Å². The largest absolute Gasteiger partial charge is 0.423 e. The van der Waals surface area contributed by atoms with Crippen LogP contribution in [0.1, 0.15) is 23.4 Å². The van der Waals surface area contributed by atoms with Crippen molar-refractivity contribution in [3.05, 3.63) is 47.7 Å². The Kier molecular flexibility index (Phi) is 5.55. The van der Waals surface area contributed by atoms with Gasteiger partial charge in [0.15, 0.2) is 6.10 Å². The normalized spacial score (nSPS) is 17.9. The Hall–Kier alpha value is -2.25. The molecule has 1 aromatic heterocycles. The maximum absolute atomic E-state index is 12.3. The van der Waals surface area contributed by atoms with Gasteiger partial charge in [-0.1, -0.05) is 30.3 Å². The number of ether oxygens (including phenoxy) is 2. The summed E-state index contributed by atoms with van der Waals surface area (Å²) in [5.74, 6) is 0.851. The third-order valence-electron chi connectivity index (χ3n) is 3.84. The summed E-state index contributed by atoms with van der Waals surface area (Å²) >= 11 is 0. The molecular weight excluding hydrogens is 310 g/mol. The van der Waals surface area contributed by atoms with E-state index in [2.05, 4.69) is 10.2 Å². The van der Waals surface area contributed by atoms with Crippen LogP contribution < -0.4 is 0 Å². The molecule has 1 atom stereocenters. The molecule has 0 aliphatic carbocycles. The first-order valence-electron chi connectivity index (χ1n) is 8.03. The van der Waals surface area contributed by atoms with Crippen molar-refractivity contribution in [3.63, 3.8) is 0 Å². The lowest BCUT2D eigenvalue weighted by Crippen LogP contribution is -2.44. The van der Waals surface area contributed by atoms with Crippen molar-refractivity contribution in [2.75, 3.05) is 32.9 Å². The quantitative estimate of drug-likeness (QED) is 0.747. The lowest BCUT2D eigenvalue weighted by atomic mass is 10.2. The average Bonchev–Trinajstić information content (AvgIpc) is 3.06. The Morgan fingerprint density at radius 1 is 1.33 bits per heavy atom. The summed E-state index contributed by atoms with van der Waals surface area (Å²) in [7, 11) is 0. The molecule has 2 aromatic rings. The summed E-state index contributed by atoms with van der Waals surface area (Å²) in [6.45, 7) is 3.71. The molecule has 1 fully saturated rings. The molecule has 1 saturated heterocycles. The first-order chi connectivity index (χ1) is 11.7. The molecule has 1 aromatic carbocycles. The molecule has 0 N–H and O–H groups in total. The molecule has 1 amide bonds. The maximum Gasteiger partial charge on any atom is 0.248 e. The van der Waals surface area contributed by atoms with Crippen LogP contribution in [0.2, 0.25) is 0 Å². The molecule has 1 aliphatic rings. The number of benzene rings is 1. The average molecular weight is 331 g/mol. The molecule has 0 unspecified atom stereocenters. The second kappa shape index (κ2) is 8.03. The minimum Gasteiger partial charge on any atom is -0.423 e. The second-order valence-corrected chi connectivity index (χ2v) is 5.65. The number of hydrogen-bond donors (Lipinski definition) is 0. The fourth-order valence-corrected chi connectivity index (χ4v) is 2.55. The van der Waals surface area contributed by atoms with Crippen LogP contribution in [-0.4, -0.2) is 53.9 Å². The van der Waals surface area contributed by atoms with Gasteiger partial charge in [-0.3, -0.25) is 4.79 Å².